The van der Waals surface area contributed by atoms with Crippen molar-refractivity contribution in [3.8, 4) is 0 Å². The van der Waals surface area contributed by atoms with E-state index < -0.39 is 0 Å². The number of carbonyl (C=O) groups excluding carboxylic acids is 1. The first-order valence-corrected chi connectivity index (χ1v) is 9.52. The van der Waals surface area contributed by atoms with E-state index in [1.807, 2.05) is 49.4 Å². The largest absolute Gasteiger partial charge is 0.463 e. The highest BCUT2D eigenvalue weighted by molar-refractivity contribution is 7.22. The fraction of sp³-hybridized carbons (Fsp3) is 0.0455. The van der Waals surface area contributed by atoms with Crippen LogP contribution in [0, 0.1) is 6.92 Å². The smallest absolute Gasteiger partial charge is 0.273 e. The summed E-state index contributed by atoms with van der Waals surface area (Å²) in [6.45, 7) is 2.03. The second kappa shape index (κ2) is 8.02. The van der Waals surface area contributed by atoms with Gasteiger partial charge in [0.1, 0.15) is 5.76 Å². The minimum absolute atomic E-state index is 0.289. The minimum atomic E-state index is -0.289. The molecular weight excluding hydrogens is 370 g/mol. The third-order valence-corrected chi connectivity index (χ3v) is 4.98. The van der Waals surface area contributed by atoms with Gasteiger partial charge in [0.2, 0.25) is 5.13 Å². The van der Waals surface area contributed by atoms with Crippen molar-refractivity contribution in [2.45, 2.75) is 6.92 Å². The van der Waals surface area contributed by atoms with Crippen molar-refractivity contribution >= 4 is 44.9 Å². The molecule has 0 atom stereocenters. The fourth-order valence-corrected chi connectivity index (χ4v) is 3.62. The number of aryl methyl sites for hydroxylation is 1. The monoisotopic (exact) mass is 387 g/mol. The summed E-state index contributed by atoms with van der Waals surface area (Å²) in [5.41, 5.74) is 2.91. The number of aromatic nitrogens is 1. The summed E-state index contributed by atoms with van der Waals surface area (Å²) in [7, 11) is 0. The molecule has 2 aromatic carbocycles. The number of hydrogen-bond acceptors (Lipinski definition) is 5. The highest BCUT2D eigenvalue weighted by atomic mass is 32.1. The number of thiazole rings is 1. The number of benzene rings is 2. The number of rotatable bonds is 5. The number of carbonyl (C=O) groups is 1. The lowest BCUT2D eigenvalue weighted by atomic mass is 10.2. The molecule has 4 rings (SSSR count). The Morgan fingerprint density at radius 1 is 1.14 bits per heavy atom. The number of anilines is 1. The first-order valence-electron chi connectivity index (χ1n) is 8.71. The Kier molecular flexibility index (Phi) is 5.12. The van der Waals surface area contributed by atoms with Crippen LogP contribution in [0.4, 0.5) is 5.13 Å². The summed E-state index contributed by atoms with van der Waals surface area (Å²) in [6.07, 6.45) is 6.32. The summed E-state index contributed by atoms with van der Waals surface area (Å²) in [5.74, 6) is 0.268. The van der Waals surface area contributed by atoms with Gasteiger partial charge in [-0.2, -0.15) is 10.1 Å². The lowest BCUT2D eigenvalue weighted by Crippen LogP contribution is -2.23. The van der Waals surface area contributed by atoms with E-state index in [1.165, 1.54) is 28.6 Å². The molecule has 4 aromatic rings. The van der Waals surface area contributed by atoms with Crippen LogP contribution < -0.4 is 5.01 Å². The second-order valence-electron chi connectivity index (χ2n) is 6.12. The number of nitrogens with zero attached hydrogens (tertiary/aromatic N) is 3. The van der Waals surface area contributed by atoms with Crippen LogP contribution in [0.15, 0.2) is 82.5 Å². The molecule has 0 fully saturated rings. The van der Waals surface area contributed by atoms with Crippen molar-refractivity contribution in [1.29, 1.82) is 0 Å². The molecule has 0 aliphatic carbocycles. The van der Waals surface area contributed by atoms with Gasteiger partial charge in [-0.3, -0.25) is 4.79 Å². The molecule has 0 saturated carbocycles. The summed E-state index contributed by atoms with van der Waals surface area (Å²) in [5, 5.41) is 6.13. The van der Waals surface area contributed by atoms with Gasteiger partial charge in [0.25, 0.3) is 5.91 Å². The third-order valence-electron chi connectivity index (χ3n) is 3.98. The van der Waals surface area contributed by atoms with E-state index in [9.17, 15) is 4.79 Å². The van der Waals surface area contributed by atoms with E-state index >= 15 is 0 Å². The molecule has 28 heavy (non-hydrogen) atoms. The van der Waals surface area contributed by atoms with Crippen LogP contribution in [0.3, 0.4) is 0 Å². The second-order valence-corrected chi connectivity index (χ2v) is 7.13. The van der Waals surface area contributed by atoms with Gasteiger partial charge in [-0.15, -0.1) is 0 Å². The van der Waals surface area contributed by atoms with Crippen molar-refractivity contribution in [3.05, 3.63) is 89.9 Å². The van der Waals surface area contributed by atoms with E-state index in [1.54, 1.807) is 24.5 Å². The summed E-state index contributed by atoms with van der Waals surface area (Å²) in [6, 6.07) is 19.2. The average Bonchev–Trinajstić information content (AvgIpc) is 3.37. The third kappa shape index (κ3) is 4.07. The zero-order chi connectivity index (χ0) is 19.3. The zero-order valence-corrected chi connectivity index (χ0v) is 16.0. The van der Waals surface area contributed by atoms with Crippen LogP contribution in [0.5, 0.6) is 0 Å². The first-order chi connectivity index (χ1) is 13.7. The van der Waals surface area contributed by atoms with Crippen molar-refractivity contribution in [1.82, 2.24) is 4.98 Å². The molecule has 6 heteroatoms. The molecule has 2 aromatic heterocycles. The number of hydrogen-bond donors (Lipinski definition) is 0. The quantitative estimate of drug-likeness (QED) is 0.266. The van der Waals surface area contributed by atoms with Crippen molar-refractivity contribution < 1.29 is 9.21 Å². The highest BCUT2D eigenvalue weighted by Crippen LogP contribution is 2.30. The Morgan fingerprint density at radius 2 is 2.00 bits per heavy atom. The van der Waals surface area contributed by atoms with Crippen LogP contribution in [0.2, 0.25) is 0 Å². The van der Waals surface area contributed by atoms with Gasteiger partial charge in [-0.05, 0) is 48.4 Å². The Labute approximate surface area is 166 Å². The molecule has 0 aliphatic heterocycles. The van der Waals surface area contributed by atoms with E-state index in [4.69, 9.17) is 4.42 Å². The maximum atomic E-state index is 12.9. The van der Waals surface area contributed by atoms with Gasteiger partial charge in [-0.25, -0.2) is 4.98 Å². The maximum absolute atomic E-state index is 12.9. The zero-order valence-electron chi connectivity index (χ0n) is 15.1. The van der Waals surface area contributed by atoms with Gasteiger partial charge in [-0.1, -0.05) is 47.7 Å². The maximum Gasteiger partial charge on any atom is 0.273 e. The SMILES string of the molecule is Cc1ccc2nc(N(/N=C\c3ccco3)C(=O)/C=C/c3ccccc3)sc2c1. The molecular formula is C22H17N3O2S. The van der Waals surface area contributed by atoms with Gasteiger partial charge in [0, 0.05) is 6.08 Å². The standard InChI is InChI=1S/C22H17N3O2S/c1-16-9-11-19-20(14-16)28-22(24-19)25(23-15-18-8-5-13-27-18)21(26)12-10-17-6-3-2-4-7-17/h2-15H,1H3/b12-10+,23-15-. The summed E-state index contributed by atoms with van der Waals surface area (Å²) < 4.78 is 6.29. The Balaban J connectivity index is 1.68. The summed E-state index contributed by atoms with van der Waals surface area (Å²) >= 11 is 1.42. The van der Waals surface area contributed by atoms with Crippen molar-refractivity contribution in [2.24, 2.45) is 5.10 Å². The number of furan rings is 1. The normalized spacial score (nSPS) is 11.6. The molecule has 1 amide bonds. The number of amides is 1. The lowest BCUT2D eigenvalue weighted by Gasteiger charge is -2.10. The predicted octanol–water partition coefficient (Wildman–Crippen LogP) is 5.28. The number of hydrazone groups is 1. The molecule has 0 N–H and O–H groups in total. The predicted molar refractivity (Wildman–Crippen MR) is 114 cm³/mol. The molecule has 0 spiro atoms. The molecule has 0 saturated heterocycles. The molecule has 5 nitrogen and oxygen atoms in total. The Morgan fingerprint density at radius 3 is 2.79 bits per heavy atom. The average molecular weight is 387 g/mol. The van der Waals surface area contributed by atoms with Crippen LogP contribution in [-0.4, -0.2) is 17.1 Å². The molecule has 0 bridgehead atoms. The highest BCUT2D eigenvalue weighted by Gasteiger charge is 2.17. The molecule has 0 radical (unpaired) electrons. The lowest BCUT2D eigenvalue weighted by molar-refractivity contribution is -0.114. The van der Waals surface area contributed by atoms with Crippen LogP contribution in [0.1, 0.15) is 16.9 Å². The minimum Gasteiger partial charge on any atom is -0.463 e. The van der Waals surface area contributed by atoms with Crippen LogP contribution in [-0.2, 0) is 4.79 Å². The van der Waals surface area contributed by atoms with Gasteiger partial charge in [0.15, 0.2) is 0 Å². The molecule has 0 unspecified atom stereocenters. The van der Waals surface area contributed by atoms with E-state index in [0.717, 1.165) is 21.3 Å². The topological polar surface area (TPSA) is 58.7 Å². The molecule has 0 aliphatic rings. The van der Waals surface area contributed by atoms with E-state index in [2.05, 4.69) is 16.2 Å². The summed E-state index contributed by atoms with van der Waals surface area (Å²) in [4.78, 5) is 17.5. The Bertz CT molecular complexity index is 1150. The van der Waals surface area contributed by atoms with Crippen LogP contribution in [0.25, 0.3) is 16.3 Å². The fourth-order valence-electron chi connectivity index (χ4n) is 2.59. The van der Waals surface area contributed by atoms with Crippen molar-refractivity contribution in [3.63, 3.8) is 0 Å². The van der Waals surface area contributed by atoms with Crippen LogP contribution >= 0.6 is 11.3 Å². The number of fused-ring (bicyclic) bond motifs is 1. The molecule has 138 valence electrons. The van der Waals surface area contributed by atoms with Gasteiger partial charge < -0.3 is 4.42 Å². The van der Waals surface area contributed by atoms with Gasteiger partial charge in [0.05, 0.1) is 22.7 Å². The first kappa shape index (κ1) is 17.9. The Hall–Kier alpha value is -3.51. The van der Waals surface area contributed by atoms with E-state index in [-0.39, 0.29) is 5.91 Å². The van der Waals surface area contributed by atoms with Gasteiger partial charge >= 0.3 is 0 Å². The molecule has 2 heterocycles. The van der Waals surface area contributed by atoms with E-state index in [0.29, 0.717) is 10.9 Å². The van der Waals surface area contributed by atoms with Crippen molar-refractivity contribution in [2.75, 3.05) is 5.01 Å².